The van der Waals surface area contributed by atoms with Crippen molar-refractivity contribution >= 4 is 11.6 Å². The summed E-state index contributed by atoms with van der Waals surface area (Å²) in [4.78, 5) is 4.53. The van der Waals surface area contributed by atoms with Gasteiger partial charge in [0.1, 0.15) is 5.75 Å². The third-order valence-corrected chi connectivity index (χ3v) is 3.58. The highest BCUT2D eigenvalue weighted by Crippen LogP contribution is 2.25. The molecule has 3 aromatic rings. The fourth-order valence-electron chi connectivity index (χ4n) is 2.14. The second-order valence-electron chi connectivity index (χ2n) is 4.67. The first kappa shape index (κ1) is 13.7. The van der Waals surface area contributed by atoms with Crippen LogP contribution in [0.5, 0.6) is 5.75 Å². The maximum atomic E-state index is 5.90. The smallest absolute Gasteiger partial charge is 0.118 e. The minimum atomic E-state index is 0.738. The molecule has 21 heavy (non-hydrogen) atoms. The van der Waals surface area contributed by atoms with E-state index in [-0.39, 0.29) is 0 Å². The van der Waals surface area contributed by atoms with Gasteiger partial charge in [-0.3, -0.25) is 4.98 Å². The summed E-state index contributed by atoms with van der Waals surface area (Å²) in [6, 6.07) is 19.7. The number of halogens is 1. The molecule has 0 fully saturated rings. The van der Waals surface area contributed by atoms with Crippen molar-refractivity contribution in [3.63, 3.8) is 0 Å². The molecule has 0 spiro atoms. The van der Waals surface area contributed by atoms with E-state index in [4.69, 9.17) is 16.3 Å². The van der Waals surface area contributed by atoms with E-state index in [2.05, 4.69) is 11.1 Å². The lowest BCUT2D eigenvalue weighted by atomic mass is 10.1. The summed E-state index contributed by atoms with van der Waals surface area (Å²) in [5.41, 5.74) is 4.19. The van der Waals surface area contributed by atoms with E-state index in [9.17, 15) is 0 Å². The van der Waals surface area contributed by atoms with Gasteiger partial charge in [-0.05, 0) is 48.0 Å². The minimum Gasteiger partial charge on any atom is -0.497 e. The molecule has 1 heterocycles. The van der Waals surface area contributed by atoms with Gasteiger partial charge in [-0.2, -0.15) is 0 Å². The number of hydrogen-bond donors (Lipinski definition) is 0. The van der Waals surface area contributed by atoms with Crippen LogP contribution < -0.4 is 4.74 Å². The summed E-state index contributed by atoms with van der Waals surface area (Å²) in [7, 11) is 1.66. The van der Waals surface area contributed by atoms with E-state index in [1.807, 2.05) is 60.8 Å². The van der Waals surface area contributed by atoms with Crippen molar-refractivity contribution < 1.29 is 4.74 Å². The Labute approximate surface area is 129 Å². The Hall–Kier alpha value is -2.32. The summed E-state index contributed by atoms with van der Waals surface area (Å²) in [6.07, 6.45) is 1.88. The third kappa shape index (κ3) is 3.06. The maximum Gasteiger partial charge on any atom is 0.118 e. The molecule has 0 N–H and O–H groups in total. The van der Waals surface area contributed by atoms with Crippen LogP contribution >= 0.6 is 11.6 Å². The number of ether oxygens (including phenoxy) is 1. The quantitative estimate of drug-likeness (QED) is 0.672. The molecule has 0 aliphatic heterocycles. The summed E-state index contributed by atoms with van der Waals surface area (Å²) in [6.45, 7) is 0. The summed E-state index contributed by atoms with van der Waals surface area (Å²) >= 11 is 5.90. The molecular weight excluding hydrogens is 282 g/mol. The van der Waals surface area contributed by atoms with Crippen LogP contribution in [0, 0.1) is 0 Å². The van der Waals surface area contributed by atoms with Crippen LogP contribution in [0.1, 0.15) is 0 Å². The Morgan fingerprint density at radius 2 is 1.38 bits per heavy atom. The molecule has 2 nitrogen and oxygen atoms in total. The zero-order chi connectivity index (χ0) is 14.7. The molecule has 3 rings (SSSR count). The molecule has 0 saturated heterocycles. The van der Waals surface area contributed by atoms with Gasteiger partial charge >= 0.3 is 0 Å². The Morgan fingerprint density at radius 1 is 0.762 bits per heavy atom. The first-order valence-corrected chi connectivity index (χ1v) is 7.00. The van der Waals surface area contributed by atoms with Gasteiger partial charge in [0, 0.05) is 22.3 Å². The molecule has 3 heteroatoms. The molecule has 2 aromatic carbocycles. The van der Waals surface area contributed by atoms with Crippen molar-refractivity contribution in [1.82, 2.24) is 4.98 Å². The Kier molecular flexibility index (Phi) is 3.89. The van der Waals surface area contributed by atoms with Gasteiger partial charge in [-0.15, -0.1) is 0 Å². The van der Waals surface area contributed by atoms with Gasteiger partial charge in [0.25, 0.3) is 0 Å². The molecule has 0 bridgehead atoms. The Bertz CT molecular complexity index is 719. The molecule has 0 aliphatic carbocycles. The lowest BCUT2D eigenvalue weighted by molar-refractivity contribution is 0.415. The van der Waals surface area contributed by atoms with Crippen LogP contribution in [0.25, 0.3) is 22.4 Å². The maximum absolute atomic E-state index is 5.90. The number of methoxy groups -OCH3 is 1. The second kappa shape index (κ2) is 5.98. The van der Waals surface area contributed by atoms with Gasteiger partial charge in [-0.25, -0.2) is 0 Å². The Balaban J connectivity index is 1.87. The highest BCUT2D eigenvalue weighted by Gasteiger charge is 2.02. The molecule has 0 atom stereocenters. The normalized spacial score (nSPS) is 10.4. The van der Waals surface area contributed by atoms with Crippen LogP contribution in [0.4, 0.5) is 0 Å². The van der Waals surface area contributed by atoms with E-state index in [1.165, 1.54) is 0 Å². The summed E-state index contributed by atoms with van der Waals surface area (Å²) < 4.78 is 5.16. The Morgan fingerprint density at radius 3 is 1.95 bits per heavy atom. The predicted molar refractivity (Wildman–Crippen MR) is 86.7 cm³/mol. The molecule has 0 radical (unpaired) electrons. The highest BCUT2D eigenvalue weighted by atomic mass is 35.5. The van der Waals surface area contributed by atoms with Crippen molar-refractivity contribution in [1.29, 1.82) is 0 Å². The van der Waals surface area contributed by atoms with Crippen molar-refractivity contribution in [3.8, 4) is 28.1 Å². The summed E-state index contributed by atoms with van der Waals surface area (Å²) in [5, 5.41) is 0.738. The van der Waals surface area contributed by atoms with E-state index in [0.717, 1.165) is 33.2 Å². The lowest BCUT2D eigenvalue weighted by Crippen LogP contribution is -1.86. The number of hydrogen-bond acceptors (Lipinski definition) is 2. The molecule has 0 aliphatic rings. The zero-order valence-electron chi connectivity index (χ0n) is 11.6. The fraction of sp³-hybridized carbons (Fsp3) is 0.0556. The standard InChI is InChI=1S/C18H14ClNO/c1-21-17-9-4-14(5-10-17)18-11-6-15(12-20-18)13-2-7-16(19)8-3-13/h2-12H,1H3. The summed E-state index contributed by atoms with van der Waals surface area (Å²) in [5.74, 6) is 0.844. The molecule has 0 saturated carbocycles. The fourth-order valence-corrected chi connectivity index (χ4v) is 2.27. The second-order valence-corrected chi connectivity index (χ2v) is 5.10. The molecule has 1 aromatic heterocycles. The SMILES string of the molecule is COc1ccc(-c2ccc(-c3ccc(Cl)cc3)cn2)cc1. The van der Waals surface area contributed by atoms with E-state index in [0.29, 0.717) is 0 Å². The average molecular weight is 296 g/mol. The molecule has 0 unspecified atom stereocenters. The lowest BCUT2D eigenvalue weighted by Gasteiger charge is -2.05. The van der Waals surface area contributed by atoms with E-state index in [1.54, 1.807) is 7.11 Å². The van der Waals surface area contributed by atoms with Crippen LogP contribution in [-0.2, 0) is 0 Å². The van der Waals surface area contributed by atoms with E-state index >= 15 is 0 Å². The minimum absolute atomic E-state index is 0.738. The number of benzene rings is 2. The van der Waals surface area contributed by atoms with Gasteiger partial charge in [0.15, 0.2) is 0 Å². The van der Waals surface area contributed by atoms with Crippen molar-refractivity contribution in [2.45, 2.75) is 0 Å². The van der Waals surface area contributed by atoms with Gasteiger partial charge in [-0.1, -0.05) is 29.8 Å². The highest BCUT2D eigenvalue weighted by molar-refractivity contribution is 6.30. The van der Waals surface area contributed by atoms with Crippen LogP contribution in [0.15, 0.2) is 66.9 Å². The van der Waals surface area contributed by atoms with Gasteiger partial charge in [0.05, 0.1) is 12.8 Å². The number of pyridine rings is 1. The van der Waals surface area contributed by atoms with Gasteiger partial charge < -0.3 is 4.74 Å². The zero-order valence-corrected chi connectivity index (χ0v) is 12.3. The van der Waals surface area contributed by atoms with Crippen LogP contribution in [0.3, 0.4) is 0 Å². The largest absolute Gasteiger partial charge is 0.497 e. The first-order chi connectivity index (χ1) is 10.3. The number of nitrogens with zero attached hydrogens (tertiary/aromatic N) is 1. The average Bonchev–Trinajstić information content (AvgIpc) is 2.56. The van der Waals surface area contributed by atoms with Crippen molar-refractivity contribution in [2.75, 3.05) is 7.11 Å². The third-order valence-electron chi connectivity index (χ3n) is 3.33. The molecular formula is C18H14ClNO. The molecule has 104 valence electrons. The van der Waals surface area contributed by atoms with Crippen molar-refractivity contribution in [3.05, 3.63) is 71.9 Å². The first-order valence-electron chi connectivity index (χ1n) is 6.63. The van der Waals surface area contributed by atoms with Crippen molar-refractivity contribution in [2.24, 2.45) is 0 Å². The predicted octanol–water partition coefficient (Wildman–Crippen LogP) is 5.08. The topological polar surface area (TPSA) is 22.1 Å². The monoisotopic (exact) mass is 295 g/mol. The molecule has 0 amide bonds. The van der Waals surface area contributed by atoms with Gasteiger partial charge in [0.2, 0.25) is 0 Å². The van der Waals surface area contributed by atoms with Crippen LogP contribution in [-0.4, -0.2) is 12.1 Å². The van der Waals surface area contributed by atoms with Crippen LogP contribution in [0.2, 0.25) is 5.02 Å². The number of rotatable bonds is 3. The van der Waals surface area contributed by atoms with E-state index < -0.39 is 0 Å². The number of aromatic nitrogens is 1.